The minimum atomic E-state index is -3.70. The highest BCUT2D eigenvalue weighted by Crippen LogP contribution is 2.64. The third kappa shape index (κ3) is 5.17. The Hall–Kier alpha value is -2.26. The topological polar surface area (TPSA) is 113 Å². The molecule has 9 heteroatoms. The molecule has 5 atom stereocenters. The molecule has 5 rings (SSSR count). The molecular formula is C30H43N3O5S. The van der Waals surface area contributed by atoms with Crippen LogP contribution in [0.4, 0.5) is 0 Å². The summed E-state index contributed by atoms with van der Waals surface area (Å²) in [5.74, 6) is -0.513. The van der Waals surface area contributed by atoms with E-state index in [1.54, 1.807) is 0 Å². The fourth-order valence-electron chi connectivity index (χ4n) is 7.77. The lowest BCUT2D eigenvalue weighted by Crippen LogP contribution is -2.56. The molecule has 2 N–H and O–H groups in total. The van der Waals surface area contributed by atoms with Gasteiger partial charge in [0.2, 0.25) is 15.9 Å². The van der Waals surface area contributed by atoms with Gasteiger partial charge >= 0.3 is 0 Å². The molecule has 2 amide bonds. The van der Waals surface area contributed by atoms with Crippen molar-refractivity contribution < 1.29 is 22.8 Å². The molecule has 0 radical (unpaired) electrons. The summed E-state index contributed by atoms with van der Waals surface area (Å²) in [5.41, 5.74) is 0.419. The predicted molar refractivity (Wildman–Crippen MR) is 149 cm³/mol. The summed E-state index contributed by atoms with van der Waals surface area (Å²) >= 11 is 0. The lowest BCUT2D eigenvalue weighted by atomic mass is 9.70. The van der Waals surface area contributed by atoms with E-state index in [2.05, 4.69) is 24.5 Å². The van der Waals surface area contributed by atoms with Crippen LogP contribution in [0, 0.1) is 29.6 Å². The first-order valence-corrected chi connectivity index (χ1v) is 16.2. The number of Topliss-reactive ketones (excluding diaryl/α,β-unsaturated/α-hetero) is 1. The van der Waals surface area contributed by atoms with Crippen LogP contribution in [0.3, 0.4) is 0 Å². The molecule has 1 aromatic rings. The van der Waals surface area contributed by atoms with E-state index < -0.39 is 21.4 Å². The zero-order chi connectivity index (χ0) is 28.0. The van der Waals surface area contributed by atoms with E-state index in [1.807, 2.05) is 31.2 Å². The van der Waals surface area contributed by atoms with Gasteiger partial charge in [0.1, 0.15) is 5.78 Å². The molecule has 3 aliphatic carbocycles. The average molecular weight is 558 g/mol. The monoisotopic (exact) mass is 557 g/mol. The fourth-order valence-corrected chi connectivity index (χ4v) is 10.1. The van der Waals surface area contributed by atoms with Crippen molar-refractivity contribution in [2.24, 2.45) is 22.7 Å². The Morgan fingerprint density at radius 3 is 2.33 bits per heavy atom. The molecule has 214 valence electrons. The normalized spacial score (nSPS) is 32.6. The van der Waals surface area contributed by atoms with Crippen LogP contribution in [0.1, 0.15) is 87.6 Å². The summed E-state index contributed by atoms with van der Waals surface area (Å²) < 4.78 is 28.8. The molecule has 1 heterocycles. The summed E-state index contributed by atoms with van der Waals surface area (Å²) in [6.07, 6.45) is 6.79. The summed E-state index contributed by atoms with van der Waals surface area (Å²) in [6, 6.07) is 7.12. The summed E-state index contributed by atoms with van der Waals surface area (Å²) in [5, 5.41) is 6.31. The van der Waals surface area contributed by atoms with Crippen molar-refractivity contribution in [3.05, 3.63) is 35.4 Å². The fraction of sp³-hybridized carbons (Fsp3) is 0.700. The van der Waals surface area contributed by atoms with Gasteiger partial charge < -0.3 is 10.6 Å². The molecule has 39 heavy (non-hydrogen) atoms. The van der Waals surface area contributed by atoms with E-state index in [4.69, 9.17) is 0 Å². The van der Waals surface area contributed by atoms with Crippen molar-refractivity contribution in [2.45, 2.75) is 90.6 Å². The first kappa shape index (κ1) is 28.3. The van der Waals surface area contributed by atoms with Crippen LogP contribution in [0.15, 0.2) is 24.3 Å². The predicted octanol–water partition coefficient (Wildman–Crippen LogP) is 3.59. The maximum atomic E-state index is 13.6. The number of amides is 2. The van der Waals surface area contributed by atoms with Gasteiger partial charge in [0.15, 0.2) is 0 Å². The van der Waals surface area contributed by atoms with Crippen molar-refractivity contribution >= 4 is 27.6 Å². The Morgan fingerprint density at radius 1 is 1.00 bits per heavy atom. The van der Waals surface area contributed by atoms with Crippen LogP contribution in [-0.2, 0) is 19.6 Å². The molecule has 0 aromatic heterocycles. The Bertz CT molecular complexity index is 1240. The van der Waals surface area contributed by atoms with Crippen molar-refractivity contribution in [3.8, 4) is 0 Å². The van der Waals surface area contributed by atoms with E-state index in [1.165, 1.54) is 4.31 Å². The van der Waals surface area contributed by atoms with E-state index in [-0.39, 0.29) is 53.3 Å². The number of sulfonamides is 1. The van der Waals surface area contributed by atoms with E-state index in [9.17, 15) is 22.8 Å². The van der Waals surface area contributed by atoms with Crippen molar-refractivity contribution in [1.82, 2.24) is 14.9 Å². The Kier molecular flexibility index (Phi) is 7.70. The molecule has 1 aliphatic heterocycles. The largest absolute Gasteiger partial charge is 0.351 e. The standard InChI is InChI=1S/C30H43N3O5S/c1-20-9-4-5-11-23(20)28(36)32-25-13-7-6-12-24(25)31-27(35)21-10-8-16-33(18-21)39(37,38)19-30-15-14-22(17-26(30)34)29(30,2)3/h4-5,9,11,21-22,24-25H,6-8,10,12-19H2,1-3H3,(H,31,35)(H,32,36)/t21?,22?,24-,25-,30-/m1/s1. The number of fused-ring (bicyclic) bond motifs is 2. The lowest BCUT2D eigenvalue weighted by Gasteiger charge is -2.39. The second kappa shape index (κ2) is 10.6. The third-order valence-electron chi connectivity index (χ3n) is 10.5. The molecular weight excluding hydrogens is 514 g/mol. The van der Waals surface area contributed by atoms with Crippen molar-refractivity contribution in [1.29, 1.82) is 0 Å². The van der Waals surface area contributed by atoms with Crippen LogP contribution in [-0.4, -0.2) is 61.2 Å². The average Bonchev–Trinajstić information content (AvgIpc) is 3.24. The van der Waals surface area contributed by atoms with Crippen LogP contribution in [0.2, 0.25) is 0 Å². The zero-order valence-electron chi connectivity index (χ0n) is 23.5. The highest BCUT2D eigenvalue weighted by Gasteiger charge is 2.65. The Morgan fingerprint density at radius 2 is 1.69 bits per heavy atom. The highest BCUT2D eigenvalue weighted by molar-refractivity contribution is 7.89. The number of ketones is 1. The van der Waals surface area contributed by atoms with Gasteiger partial charge in [0.25, 0.3) is 5.91 Å². The minimum Gasteiger partial charge on any atom is -0.351 e. The molecule has 4 fully saturated rings. The molecule has 8 nitrogen and oxygen atoms in total. The first-order valence-electron chi connectivity index (χ1n) is 14.6. The number of benzene rings is 1. The quantitative estimate of drug-likeness (QED) is 0.532. The maximum Gasteiger partial charge on any atom is 0.251 e. The number of hydrogen-bond donors (Lipinski definition) is 2. The zero-order valence-corrected chi connectivity index (χ0v) is 24.3. The van der Waals surface area contributed by atoms with Gasteiger partial charge in [-0.1, -0.05) is 44.9 Å². The first-order chi connectivity index (χ1) is 18.4. The number of aryl methyl sites for hydroxylation is 1. The summed E-state index contributed by atoms with van der Waals surface area (Å²) in [7, 11) is -3.70. The van der Waals surface area contributed by atoms with Crippen LogP contribution >= 0.6 is 0 Å². The van der Waals surface area contributed by atoms with Gasteiger partial charge in [0, 0.05) is 42.6 Å². The number of nitrogens with one attached hydrogen (secondary N) is 2. The molecule has 4 aliphatic rings. The van der Waals surface area contributed by atoms with Gasteiger partial charge in [-0.3, -0.25) is 14.4 Å². The van der Waals surface area contributed by atoms with Gasteiger partial charge in [-0.15, -0.1) is 0 Å². The van der Waals surface area contributed by atoms with Crippen LogP contribution in [0.5, 0.6) is 0 Å². The second-order valence-corrected chi connectivity index (χ2v) is 14.9. The summed E-state index contributed by atoms with van der Waals surface area (Å²) in [6.45, 7) is 6.55. The van der Waals surface area contributed by atoms with Gasteiger partial charge in [-0.25, -0.2) is 12.7 Å². The minimum absolute atomic E-state index is 0.0923. The van der Waals surface area contributed by atoms with E-state index in [0.29, 0.717) is 37.8 Å². The van der Waals surface area contributed by atoms with Crippen molar-refractivity contribution in [3.63, 3.8) is 0 Å². The molecule has 2 unspecified atom stereocenters. The highest BCUT2D eigenvalue weighted by atomic mass is 32.2. The number of carbonyl (C=O) groups excluding carboxylic acids is 3. The lowest BCUT2D eigenvalue weighted by molar-refractivity contribution is -0.128. The molecule has 3 saturated carbocycles. The Balaban J connectivity index is 1.23. The SMILES string of the molecule is Cc1ccccc1C(=O)N[C@@H]1CCCC[C@H]1NC(=O)C1CCCN(S(=O)(=O)C[C@]23CCC(CC2=O)C3(C)C)C1. The number of rotatable bonds is 7. The molecule has 0 spiro atoms. The van der Waals surface area contributed by atoms with Crippen LogP contribution in [0.25, 0.3) is 0 Å². The number of nitrogens with zero attached hydrogens (tertiary/aromatic N) is 1. The van der Waals surface area contributed by atoms with Gasteiger partial charge in [0.05, 0.1) is 11.7 Å². The molecule has 1 saturated heterocycles. The number of piperidine rings is 1. The molecule has 2 bridgehead atoms. The van der Waals surface area contributed by atoms with Gasteiger partial charge in [-0.05, 0) is 68.4 Å². The molecule has 1 aromatic carbocycles. The number of carbonyl (C=O) groups is 3. The summed E-state index contributed by atoms with van der Waals surface area (Å²) in [4.78, 5) is 39.4. The Labute approximate surface area is 232 Å². The van der Waals surface area contributed by atoms with Gasteiger partial charge in [-0.2, -0.15) is 0 Å². The van der Waals surface area contributed by atoms with Crippen molar-refractivity contribution in [2.75, 3.05) is 18.8 Å². The number of hydrogen-bond acceptors (Lipinski definition) is 5. The van der Waals surface area contributed by atoms with E-state index in [0.717, 1.165) is 37.7 Å². The smallest absolute Gasteiger partial charge is 0.251 e. The second-order valence-electron chi connectivity index (χ2n) is 12.9. The third-order valence-corrected chi connectivity index (χ3v) is 12.5. The maximum absolute atomic E-state index is 13.6. The van der Waals surface area contributed by atoms with Crippen LogP contribution < -0.4 is 10.6 Å². The van der Waals surface area contributed by atoms with E-state index >= 15 is 0 Å².